The lowest BCUT2D eigenvalue weighted by atomic mass is 9.94. The highest BCUT2D eigenvalue weighted by atomic mass is 16.2. The lowest BCUT2D eigenvalue weighted by Gasteiger charge is -2.23. The Morgan fingerprint density at radius 2 is 2.00 bits per heavy atom. The molecular formula is C15H17N3O. The summed E-state index contributed by atoms with van der Waals surface area (Å²) in [6, 6.07) is 9.94. The number of aromatic nitrogens is 1. The third kappa shape index (κ3) is 2.08. The van der Waals surface area contributed by atoms with Gasteiger partial charge in [0.2, 0.25) is 5.91 Å². The molecule has 0 bridgehead atoms. The summed E-state index contributed by atoms with van der Waals surface area (Å²) in [5.41, 5.74) is 0.865. The smallest absolute Gasteiger partial charge is 0.246 e. The number of amides is 1. The Labute approximate surface area is 112 Å². The van der Waals surface area contributed by atoms with Crippen molar-refractivity contribution in [2.75, 3.05) is 11.9 Å². The Balaban J connectivity index is 2.52. The molecule has 1 heterocycles. The van der Waals surface area contributed by atoms with Gasteiger partial charge in [-0.2, -0.15) is 5.26 Å². The first-order valence-electron chi connectivity index (χ1n) is 6.12. The van der Waals surface area contributed by atoms with Crippen LogP contribution in [0.1, 0.15) is 13.8 Å². The average Bonchev–Trinajstić information content (AvgIpc) is 2.75. The number of carbonyl (C=O) groups is 1. The van der Waals surface area contributed by atoms with Crippen molar-refractivity contribution in [3.63, 3.8) is 0 Å². The van der Waals surface area contributed by atoms with E-state index in [1.54, 1.807) is 25.8 Å². The van der Waals surface area contributed by atoms with Gasteiger partial charge in [-0.3, -0.25) is 4.79 Å². The zero-order chi connectivity index (χ0) is 14.2. The fourth-order valence-corrected chi connectivity index (χ4v) is 2.16. The maximum absolute atomic E-state index is 12.3. The van der Waals surface area contributed by atoms with E-state index in [1.807, 2.05) is 48.1 Å². The zero-order valence-corrected chi connectivity index (χ0v) is 11.6. The van der Waals surface area contributed by atoms with Crippen molar-refractivity contribution in [2.24, 2.45) is 12.5 Å². The molecule has 19 heavy (non-hydrogen) atoms. The summed E-state index contributed by atoms with van der Waals surface area (Å²) in [4.78, 5) is 13.9. The average molecular weight is 255 g/mol. The Kier molecular flexibility index (Phi) is 3.07. The summed E-state index contributed by atoms with van der Waals surface area (Å²) >= 11 is 0. The highest BCUT2D eigenvalue weighted by Gasteiger charge is 2.31. The molecule has 1 aromatic heterocycles. The third-order valence-corrected chi connectivity index (χ3v) is 3.36. The normalized spacial score (nSPS) is 11.3. The summed E-state index contributed by atoms with van der Waals surface area (Å²) in [6.45, 7) is 3.27. The van der Waals surface area contributed by atoms with Gasteiger partial charge in [-0.15, -0.1) is 0 Å². The van der Waals surface area contributed by atoms with Crippen LogP contribution in [-0.2, 0) is 11.8 Å². The van der Waals surface area contributed by atoms with Crippen LogP contribution in [-0.4, -0.2) is 17.5 Å². The summed E-state index contributed by atoms with van der Waals surface area (Å²) in [5.74, 6) is -0.202. The highest BCUT2D eigenvalue weighted by molar-refractivity contribution is 6.05. The molecule has 0 atom stereocenters. The number of hydrogen-bond acceptors (Lipinski definition) is 2. The molecule has 4 heteroatoms. The van der Waals surface area contributed by atoms with Crippen molar-refractivity contribution in [3.05, 3.63) is 30.5 Å². The van der Waals surface area contributed by atoms with Gasteiger partial charge in [0.15, 0.2) is 0 Å². The maximum Gasteiger partial charge on any atom is 0.246 e. The molecule has 2 aromatic rings. The van der Waals surface area contributed by atoms with Gasteiger partial charge in [0.05, 0.1) is 11.8 Å². The van der Waals surface area contributed by atoms with E-state index in [4.69, 9.17) is 5.26 Å². The summed E-state index contributed by atoms with van der Waals surface area (Å²) in [5, 5.41) is 10.1. The van der Waals surface area contributed by atoms with Gasteiger partial charge in [-0.25, -0.2) is 0 Å². The molecule has 0 N–H and O–H groups in total. The number of nitrogens with zero attached hydrogens (tertiary/aromatic N) is 3. The SMILES string of the molecule is CN(C(=O)C(C)(C)C#N)c1cn(C)c2ccccc12. The third-order valence-electron chi connectivity index (χ3n) is 3.36. The zero-order valence-electron chi connectivity index (χ0n) is 11.6. The number of aryl methyl sites for hydroxylation is 1. The number of rotatable bonds is 2. The minimum atomic E-state index is -1.02. The Bertz CT molecular complexity index is 676. The fraction of sp³-hybridized carbons (Fsp3) is 0.333. The van der Waals surface area contributed by atoms with E-state index in [2.05, 4.69) is 0 Å². The topological polar surface area (TPSA) is 49.0 Å². The lowest BCUT2D eigenvalue weighted by molar-refractivity contribution is -0.123. The molecule has 98 valence electrons. The summed E-state index contributed by atoms with van der Waals surface area (Å²) in [7, 11) is 3.66. The Hall–Kier alpha value is -2.28. The van der Waals surface area contributed by atoms with Gasteiger partial charge in [0, 0.05) is 31.2 Å². The van der Waals surface area contributed by atoms with Crippen LogP contribution in [0.3, 0.4) is 0 Å². The predicted octanol–water partition coefficient (Wildman–Crippen LogP) is 2.69. The number of carbonyl (C=O) groups excluding carboxylic acids is 1. The molecule has 0 saturated carbocycles. The lowest BCUT2D eigenvalue weighted by Crippen LogP contribution is -2.37. The second-order valence-corrected chi connectivity index (χ2v) is 5.24. The number of fused-ring (bicyclic) bond motifs is 1. The second-order valence-electron chi connectivity index (χ2n) is 5.24. The van der Waals surface area contributed by atoms with Crippen LogP contribution in [0.25, 0.3) is 10.9 Å². The first kappa shape index (κ1) is 13.2. The molecule has 0 aliphatic rings. The van der Waals surface area contributed by atoms with Crippen molar-refractivity contribution in [3.8, 4) is 6.07 Å². The number of benzene rings is 1. The molecule has 0 unspecified atom stereocenters. The van der Waals surface area contributed by atoms with Crippen molar-refractivity contribution < 1.29 is 4.79 Å². The van der Waals surface area contributed by atoms with Crippen LogP contribution in [0, 0.1) is 16.7 Å². The quantitative estimate of drug-likeness (QED) is 0.828. The minimum absolute atomic E-state index is 0.202. The van der Waals surface area contributed by atoms with Gasteiger partial charge < -0.3 is 9.47 Å². The standard InChI is InChI=1S/C15H17N3O/c1-15(2,10-16)14(19)18(4)13-9-17(3)12-8-6-5-7-11(12)13/h5-9H,1-4H3. The van der Waals surface area contributed by atoms with E-state index in [9.17, 15) is 4.79 Å². The number of anilines is 1. The molecular weight excluding hydrogens is 238 g/mol. The van der Waals surface area contributed by atoms with Gasteiger partial charge >= 0.3 is 0 Å². The van der Waals surface area contributed by atoms with Crippen LogP contribution >= 0.6 is 0 Å². The van der Waals surface area contributed by atoms with Gasteiger partial charge in [0.1, 0.15) is 5.41 Å². The number of para-hydroxylation sites is 1. The largest absolute Gasteiger partial charge is 0.348 e. The maximum atomic E-state index is 12.3. The van der Waals surface area contributed by atoms with E-state index in [0.717, 1.165) is 16.6 Å². The van der Waals surface area contributed by atoms with E-state index in [1.165, 1.54) is 0 Å². The van der Waals surface area contributed by atoms with E-state index in [-0.39, 0.29) is 5.91 Å². The number of hydrogen-bond donors (Lipinski definition) is 0. The first-order valence-corrected chi connectivity index (χ1v) is 6.12. The molecule has 1 amide bonds. The predicted molar refractivity (Wildman–Crippen MR) is 75.7 cm³/mol. The molecule has 0 saturated heterocycles. The van der Waals surface area contributed by atoms with Crippen LogP contribution in [0.15, 0.2) is 30.5 Å². The molecule has 0 aliphatic heterocycles. The Morgan fingerprint density at radius 1 is 1.37 bits per heavy atom. The molecule has 0 spiro atoms. The molecule has 1 aromatic carbocycles. The minimum Gasteiger partial charge on any atom is -0.348 e. The summed E-state index contributed by atoms with van der Waals surface area (Å²) in [6.07, 6.45) is 1.91. The molecule has 0 fully saturated rings. The van der Waals surface area contributed by atoms with E-state index >= 15 is 0 Å². The van der Waals surface area contributed by atoms with Crippen molar-refractivity contribution in [1.29, 1.82) is 5.26 Å². The van der Waals surface area contributed by atoms with Gasteiger partial charge in [0.25, 0.3) is 0 Å². The number of nitriles is 1. The molecule has 2 rings (SSSR count). The molecule has 0 radical (unpaired) electrons. The van der Waals surface area contributed by atoms with Gasteiger partial charge in [-0.05, 0) is 19.9 Å². The van der Waals surface area contributed by atoms with Crippen LogP contribution in [0.2, 0.25) is 0 Å². The van der Waals surface area contributed by atoms with Crippen molar-refractivity contribution >= 4 is 22.5 Å². The van der Waals surface area contributed by atoms with Crippen molar-refractivity contribution in [1.82, 2.24) is 4.57 Å². The van der Waals surface area contributed by atoms with Gasteiger partial charge in [-0.1, -0.05) is 18.2 Å². The molecule has 4 nitrogen and oxygen atoms in total. The van der Waals surface area contributed by atoms with Crippen LogP contribution < -0.4 is 4.90 Å². The first-order chi connectivity index (χ1) is 8.88. The second kappa shape index (κ2) is 4.43. The molecule has 0 aliphatic carbocycles. The highest BCUT2D eigenvalue weighted by Crippen LogP contribution is 2.30. The van der Waals surface area contributed by atoms with Crippen molar-refractivity contribution in [2.45, 2.75) is 13.8 Å². The van der Waals surface area contributed by atoms with E-state index in [0.29, 0.717) is 0 Å². The summed E-state index contributed by atoms with van der Waals surface area (Å²) < 4.78 is 1.98. The Morgan fingerprint density at radius 3 is 2.63 bits per heavy atom. The van der Waals surface area contributed by atoms with Crippen LogP contribution in [0.4, 0.5) is 5.69 Å². The van der Waals surface area contributed by atoms with E-state index < -0.39 is 5.41 Å². The monoisotopic (exact) mass is 255 g/mol. The fourth-order valence-electron chi connectivity index (χ4n) is 2.16. The van der Waals surface area contributed by atoms with Crippen LogP contribution in [0.5, 0.6) is 0 Å².